The summed E-state index contributed by atoms with van der Waals surface area (Å²) in [6.07, 6.45) is 3.48. The molecule has 1 fully saturated rings. The molecule has 1 amide bonds. The first-order valence-corrected chi connectivity index (χ1v) is 7.50. The highest BCUT2D eigenvalue weighted by Gasteiger charge is 2.16. The number of piperidine rings is 1. The molecule has 5 nitrogen and oxygen atoms in total. The Balaban J connectivity index is 1.80. The lowest BCUT2D eigenvalue weighted by Gasteiger charge is -2.28. The first-order valence-electron chi connectivity index (χ1n) is 7.50. The standard InChI is InChI=1S/C16H25N3O2/c1-19-7-4-12(5-8-19)3-6-18-16(20)13-9-14(17)11-15(10-13)21-2/h9-12H,3-8,17H2,1-2H3,(H,18,20). The van der Waals surface area contributed by atoms with Crippen molar-refractivity contribution in [3.05, 3.63) is 23.8 Å². The van der Waals surface area contributed by atoms with Crippen LogP contribution in [0.25, 0.3) is 0 Å². The van der Waals surface area contributed by atoms with Crippen molar-refractivity contribution in [1.29, 1.82) is 0 Å². The molecule has 0 atom stereocenters. The maximum absolute atomic E-state index is 12.1. The molecule has 0 bridgehead atoms. The van der Waals surface area contributed by atoms with Crippen LogP contribution in [0.5, 0.6) is 5.75 Å². The first kappa shape index (κ1) is 15.6. The highest BCUT2D eigenvalue weighted by atomic mass is 16.5. The summed E-state index contributed by atoms with van der Waals surface area (Å²) in [4.78, 5) is 14.5. The molecule has 1 aliphatic rings. The van der Waals surface area contributed by atoms with E-state index < -0.39 is 0 Å². The van der Waals surface area contributed by atoms with Crippen molar-refractivity contribution < 1.29 is 9.53 Å². The number of nitrogens with two attached hydrogens (primary N) is 1. The fraction of sp³-hybridized carbons (Fsp3) is 0.562. The molecule has 1 heterocycles. The van der Waals surface area contributed by atoms with Crippen molar-refractivity contribution in [3.8, 4) is 5.75 Å². The van der Waals surface area contributed by atoms with Gasteiger partial charge in [0.15, 0.2) is 0 Å². The SMILES string of the molecule is COc1cc(N)cc(C(=O)NCCC2CCN(C)CC2)c1. The van der Waals surface area contributed by atoms with E-state index in [4.69, 9.17) is 10.5 Å². The van der Waals surface area contributed by atoms with Crippen LogP contribution in [0.2, 0.25) is 0 Å². The molecule has 0 unspecified atom stereocenters. The van der Waals surface area contributed by atoms with E-state index in [1.54, 1.807) is 25.3 Å². The summed E-state index contributed by atoms with van der Waals surface area (Å²) in [5, 5.41) is 2.97. The number of hydrogen-bond donors (Lipinski definition) is 2. The molecule has 1 aromatic carbocycles. The van der Waals surface area contributed by atoms with Crippen LogP contribution in [0.4, 0.5) is 5.69 Å². The second kappa shape index (κ2) is 7.31. The van der Waals surface area contributed by atoms with E-state index in [9.17, 15) is 4.79 Å². The number of nitrogens with zero attached hydrogens (tertiary/aromatic N) is 1. The third-order valence-electron chi connectivity index (χ3n) is 4.10. The van der Waals surface area contributed by atoms with Crippen LogP contribution >= 0.6 is 0 Å². The van der Waals surface area contributed by atoms with E-state index in [-0.39, 0.29) is 5.91 Å². The number of hydrogen-bond acceptors (Lipinski definition) is 4. The van der Waals surface area contributed by atoms with Crippen LogP contribution in [0.3, 0.4) is 0 Å². The lowest BCUT2D eigenvalue weighted by molar-refractivity contribution is 0.0948. The highest BCUT2D eigenvalue weighted by molar-refractivity contribution is 5.95. The Kier molecular flexibility index (Phi) is 5.44. The largest absolute Gasteiger partial charge is 0.497 e. The number of carbonyl (C=O) groups excluding carboxylic acids is 1. The highest BCUT2D eigenvalue weighted by Crippen LogP contribution is 2.20. The van der Waals surface area contributed by atoms with Crippen molar-refractivity contribution in [1.82, 2.24) is 10.2 Å². The van der Waals surface area contributed by atoms with E-state index in [1.165, 1.54) is 12.8 Å². The third-order valence-corrected chi connectivity index (χ3v) is 4.10. The van der Waals surface area contributed by atoms with Crippen molar-refractivity contribution in [2.75, 3.05) is 39.5 Å². The van der Waals surface area contributed by atoms with Crippen LogP contribution in [0, 0.1) is 5.92 Å². The van der Waals surface area contributed by atoms with E-state index in [2.05, 4.69) is 17.3 Å². The summed E-state index contributed by atoms with van der Waals surface area (Å²) in [7, 11) is 3.72. The summed E-state index contributed by atoms with van der Waals surface area (Å²) >= 11 is 0. The molecule has 1 aromatic rings. The van der Waals surface area contributed by atoms with Crippen molar-refractivity contribution in [3.63, 3.8) is 0 Å². The summed E-state index contributed by atoms with van der Waals surface area (Å²) < 4.78 is 5.13. The molecule has 1 saturated heterocycles. The molecule has 0 spiro atoms. The van der Waals surface area contributed by atoms with Crippen molar-refractivity contribution in [2.24, 2.45) is 5.92 Å². The Labute approximate surface area is 126 Å². The number of benzene rings is 1. The minimum absolute atomic E-state index is 0.0893. The number of anilines is 1. The molecule has 1 aliphatic heterocycles. The number of nitrogen functional groups attached to an aromatic ring is 1. The Morgan fingerprint density at radius 2 is 2.10 bits per heavy atom. The van der Waals surface area contributed by atoms with Gasteiger partial charge in [0, 0.05) is 23.9 Å². The monoisotopic (exact) mass is 291 g/mol. The van der Waals surface area contributed by atoms with Gasteiger partial charge in [0.1, 0.15) is 5.75 Å². The average molecular weight is 291 g/mol. The quantitative estimate of drug-likeness (QED) is 0.811. The Hall–Kier alpha value is -1.75. The predicted molar refractivity (Wildman–Crippen MR) is 84.6 cm³/mol. The molecule has 0 aliphatic carbocycles. The smallest absolute Gasteiger partial charge is 0.251 e. The van der Waals surface area contributed by atoms with Crippen LogP contribution in [-0.2, 0) is 0 Å². The maximum Gasteiger partial charge on any atom is 0.251 e. The topological polar surface area (TPSA) is 67.6 Å². The van der Waals surface area contributed by atoms with Crippen molar-refractivity contribution >= 4 is 11.6 Å². The third kappa shape index (κ3) is 4.63. The van der Waals surface area contributed by atoms with Crippen LogP contribution in [0.15, 0.2) is 18.2 Å². The lowest BCUT2D eigenvalue weighted by Crippen LogP contribution is -2.32. The van der Waals surface area contributed by atoms with Crippen LogP contribution in [-0.4, -0.2) is 44.6 Å². The molecule has 21 heavy (non-hydrogen) atoms. The van der Waals surface area contributed by atoms with Gasteiger partial charge in [0.25, 0.3) is 5.91 Å². The molecule has 0 aromatic heterocycles. The Morgan fingerprint density at radius 3 is 2.76 bits per heavy atom. The molecule has 5 heteroatoms. The normalized spacial score (nSPS) is 16.7. The van der Waals surface area contributed by atoms with E-state index in [0.717, 1.165) is 25.4 Å². The van der Waals surface area contributed by atoms with Gasteiger partial charge in [-0.05, 0) is 57.5 Å². The van der Waals surface area contributed by atoms with Crippen LogP contribution in [0.1, 0.15) is 29.6 Å². The maximum atomic E-state index is 12.1. The molecule has 0 saturated carbocycles. The summed E-state index contributed by atoms with van der Waals surface area (Å²) in [6, 6.07) is 5.09. The molecule has 2 rings (SSSR count). The second-order valence-electron chi connectivity index (χ2n) is 5.79. The van der Waals surface area contributed by atoms with Gasteiger partial charge in [-0.3, -0.25) is 4.79 Å². The number of nitrogens with one attached hydrogen (secondary N) is 1. The zero-order chi connectivity index (χ0) is 15.2. The minimum Gasteiger partial charge on any atom is -0.497 e. The average Bonchev–Trinajstić information content (AvgIpc) is 2.48. The van der Waals surface area contributed by atoms with Gasteiger partial charge < -0.3 is 20.7 Å². The first-order chi connectivity index (χ1) is 10.1. The van der Waals surface area contributed by atoms with Gasteiger partial charge in [0.05, 0.1) is 7.11 Å². The predicted octanol–water partition coefficient (Wildman–Crippen LogP) is 1.74. The van der Waals surface area contributed by atoms with Gasteiger partial charge in [0.2, 0.25) is 0 Å². The van der Waals surface area contributed by atoms with Gasteiger partial charge in [-0.2, -0.15) is 0 Å². The zero-order valence-corrected chi connectivity index (χ0v) is 12.9. The number of ether oxygens (including phenoxy) is 1. The molecule has 0 radical (unpaired) electrons. The number of methoxy groups -OCH3 is 1. The number of likely N-dealkylation sites (tertiary alicyclic amines) is 1. The lowest BCUT2D eigenvalue weighted by atomic mass is 9.94. The van der Waals surface area contributed by atoms with E-state index >= 15 is 0 Å². The summed E-state index contributed by atoms with van der Waals surface area (Å²) in [5.41, 5.74) is 6.85. The fourth-order valence-corrected chi connectivity index (χ4v) is 2.71. The molecular weight excluding hydrogens is 266 g/mol. The molecule has 3 N–H and O–H groups in total. The fourth-order valence-electron chi connectivity index (χ4n) is 2.71. The summed E-state index contributed by atoms with van der Waals surface area (Å²) in [5.74, 6) is 1.24. The number of carbonyl (C=O) groups is 1. The molecule has 116 valence electrons. The zero-order valence-electron chi connectivity index (χ0n) is 12.9. The number of rotatable bonds is 5. The minimum atomic E-state index is -0.0893. The van der Waals surface area contributed by atoms with Gasteiger partial charge in [-0.1, -0.05) is 0 Å². The van der Waals surface area contributed by atoms with E-state index in [1.807, 2.05) is 0 Å². The van der Waals surface area contributed by atoms with E-state index in [0.29, 0.717) is 23.5 Å². The number of amides is 1. The van der Waals surface area contributed by atoms with Gasteiger partial charge in [-0.25, -0.2) is 0 Å². The van der Waals surface area contributed by atoms with Gasteiger partial charge >= 0.3 is 0 Å². The Bertz CT molecular complexity index is 482. The summed E-state index contributed by atoms with van der Waals surface area (Å²) in [6.45, 7) is 3.03. The second-order valence-corrected chi connectivity index (χ2v) is 5.79. The van der Waals surface area contributed by atoms with Crippen LogP contribution < -0.4 is 15.8 Å². The van der Waals surface area contributed by atoms with Crippen molar-refractivity contribution in [2.45, 2.75) is 19.3 Å². The molecular formula is C16H25N3O2. The van der Waals surface area contributed by atoms with Gasteiger partial charge in [-0.15, -0.1) is 0 Å². The Morgan fingerprint density at radius 1 is 1.38 bits per heavy atom.